The van der Waals surface area contributed by atoms with Crippen LogP contribution >= 0.6 is 11.6 Å². The Bertz CT molecular complexity index is 804. The minimum Gasteiger partial charge on any atom is -0.436 e. The van der Waals surface area contributed by atoms with Crippen LogP contribution in [0.3, 0.4) is 0 Å². The first kappa shape index (κ1) is 12.7. The summed E-state index contributed by atoms with van der Waals surface area (Å²) in [5, 5.41) is 0.607. The van der Waals surface area contributed by atoms with Gasteiger partial charge in [0.1, 0.15) is 5.52 Å². The van der Waals surface area contributed by atoms with Gasteiger partial charge in [-0.15, -0.1) is 0 Å². The molecule has 0 saturated carbocycles. The van der Waals surface area contributed by atoms with Gasteiger partial charge in [0.25, 0.3) is 0 Å². The minimum absolute atomic E-state index is 0.496. The highest BCUT2D eigenvalue weighted by molar-refractivity contribution is 6.33. The monoisotopic (exact) mass is 285 g/mol. The second-order valence-electron chi connectivity index (χ2n) is 4.40. The lowest BCUT2D eigenvalue weighted by atomic mass is 10.2. The molecule has 0 saturated heterocycles. The molecule has 1 heterocycles. The summed E-state index contributed by atoms with van der Waals surface area (Å²) in [6.07, 6.45) is 0. The molecule has 5 heteroatoms. The molecule has 0 aliphatic carbocycles. The van der Waals surface area contributed by atoms with Crippen molar-refractivity contribution < 1.29 is 4.42 Å². The number of hydrogen-bond donors (Lipinski definition) is 1. The van der Waals surface area contributed by atoms with Crippen LogP contribution in [0.2, 0.25) is 5.02 Å². The van der Waals surface area contributed by atoms with E-state index < -0.39 is 0 Å². The van der Waals surface area contributed by atoms with Gasteiger partial charge < -0.3 is 10.2 Å². The molecular formula is C15H12ClN3O. The van der Waals surface area contributed by atoms with E-state index in [-0.39, 0.29) is 0 Å². The molecule has 2 aromatic carbocycles. The van der Waals surface area contributed by atoms with Crippen molar-refractivity contribution in [2.45, 2.75) is 6.92 Å². The topological polar surface area (TPSA) is 64.4 Å². The van der Waals surface area contributed by atoms with E-state index in [1.807, 2.05) is 36.4 Å². The number of oxazole rings is 1. The summed E-state index contributed by atoms with van der Waals surface area (Å²) in [4.78, 5) is 8.65. The normalized spacial score (nSPS) is 12.0. The van der Waals surface area contributed by atoms with Crippen LogP contribution in [0.1, 0.15) is 6.92 Å². The Hall–Kier alpha value is -2.33. The molecule has 2 N–H and O–H groups in total. The molecule has 0 amide bonds. The van der Waals surface area contributed by atoms with Crippen molar-refractivity contribution in [3.8, 4) is 11.5 Å². The van der Waals surface area contributed by atoms with Crippen molar-refractivity contribution in [2.24, 2.45) is 10.7 Å². The van der Waals surface area contributed by atoms with Gasteiger partial charge in [0.15, 0.2) is 5.58 Å². The third-order valence-corrected chi connectivity index (χ3v) is 3.11. The predicted octanol–water partition coefficient (Wildman–Crippen LogP) is 4.16. The number of amidine groups is 1. The summed E-state index contributed by atoms with van der Waals surface area (Å²) in [6, 6.07) is 12.9. The van der Waals surface area contributed by atoms with Gasteiger partial charge in [0.05, 0.1) is 22.1 Å². The molecule has 0 atom stereocenters. The maximum Gasteiger partial charge on any atom is 0.228 e. The van der Waals surface area contributed by atoms with E-state index in [0.29, 0.717) is 22.3 Å². The van der Waals surface area contributed by atoms with Gasteiger partial charge in [-0.2, -0.15) is 0 Å². The molecule has 3 rings (SSSR count). The van der Waals surface area contributed by atoms with Crippen LogP contribution in [0, 0.1) is 0 Å². The van der Waals surface area contributed by atoms with Crippen molar-refractivity contribution in [2.75, 3.05) is 0 Å². The number of fused-ring (bicyclic) bond motifs is 1. The molecule has 0 bridgehead atoms. The molecule has 0 radical (unpaired) electrons. The van der Waals surface area contributed by atoms with Crippen molar-refractivity contribution >= 4 is 34.2 Å². The van der Waals surface area contributed by atoms with Crippen molar-refractivity contribution in [1.82, 2.24) is 4.98 Å². The second-order valence-corrected chi connectivity index (χ2v) is 4.81. The highest BCUT2D eigenvalue weighted by atomic mass is 35.5. The van der Waals surface area contributed by atoms with Crippen molar-refractivity contribution in [3.63, 3.8) is 0 Å². The largest absolute Gasteiger partial charge is 0.436 e. The lowest BCUT2D eigenvalue weighted by molar-refractivity contribution is 0.620. The smallest absolute Gasteiger partial charge is 0.228 e. The van der Waals surface area contributed by atoms with E-state index >= 15 is 0 Å². The summed E-state index contributed by atoms with van der Waals surface area (Å²) in [5.74, 6) is 0.996. The standard InChI is InChI=1S/C15H12ClN3O/c1-9(17)18-10-6-7-14-13(8-10)19-15(20-14)11-4-2-3-5-12(11)16/h2-8H,1H3,(H2,17,18). The molecular weight excluding hydrogens is 274 g/mol. The third kappa shape index (κ3) is 2.38. The molecule has 0 unspecified atom stereocenters. The lowest BCUT2D eigenvalue weighted by Crippen LogP contribution is -2.03. The van der Waals surface area contributed by atoms with Gasteiger partial charge in [-0.1, -0.05) is 23.7 Å². The van der Waals surface area contributed by atoms with Crippen LogP contribution in [-0.4, -0.2) is 10.8 Å². The molecule has 0 spiro atoms. The van der Waals surface area contributed by atoms with Gasteiger partial charge in [0.2, 0.25) is 5.89 Å². The Labute approximate surface area is 120 Å². The first-order valence-corrected chi connectivity index (χ1v) is 6.47. The van der Waals surface area contributed by atoms with Gasteiger partial charge >= 0.3 is 0 Å². The lowest BCUT2D eigenvalue weighted by Gasteiger charge is -1.96. The van der Waals surface area contributed by atoms with Crippen LogP contribution in [0.5, 0.6) is 0 Å². The molecule has 20 heavy (non-hydrogen) atoms. The number of nitrogens with two attached hydrogens (primary N) is 1. The van der Waals surface area contributed by atoms with Crippen LogP contribution in [0.25, 0.3) is 22.6 Å². The molecule has 1 aromatic heterocycles. The third-order valence-electron chi connectivity index (χ3n) is 2.78. The number of halogens is 1. The van der Waals surface area contributed by atoms with E-state index in [9.17, 15) is 0 Å². The number of aromatic nitrogens is 1. The summed E-state index contributed by atoms with van der Waals surface area (Å²) >= 11 is 6.15. The summed E-state index contributed by atoms with van der Waals surface area (Å²) in [6.45, 7) is 1.74. The van der Waals surface area contributed by atoms with Gasteiger partial charge in [0, 0.05) is 0 Å². The molecule has 0 fully saturated rings. The first-order chi connectivity index (χ1) is 9.63. The maximum absolute atomic E-state index is 6.15. The van der Waals surface area contributed by atoms with E-state index in [2.05, 4.69) is 9.98 Å². The Balaban J connectivity index is 2.12. The summed E-state index contributed by atoms with van der Waals surface area (Å²) < 4.78 is 5.72. The Kier molecular flexibility index (Phi) is 3.16. The van der Waals surface area contributed by atoms with Gasteiger partial charge in [-0.3, -0.25) is 0 Å². The first-order valence-electron chi connectivity index (χ1n) is 6.10. The fraction of sp³-hybridized carbons (Fsp3) is 0.0667. The highest BCUT2D eigenvalue weighted by Gasteiger charge is 2.11. The molecule has 100 valence electrons. The average molecular weight is 286 g/mol. The Morgan fingerprint density at radius 3 is 2.80 bits per heavy atom. The van der Waals surface area contributed by atoms with E-state index in [0.717, 1.165) is 16.8 Å². The number of rotatable bonds is 2. The fourth-order valence-corrected chi connectivity index (χ4v) is 2.16. The molecule has 0 aliphatic heterocycles. The Morgan fingerprint density at radius 2 is 2.05 bits per heavy atom. The van der Waals surface area contributed by atoms with E-state index in [4.69, 9.17) is 21.8 Å². The van der Waals surface area contributed by atoms with Crippen LogP contribution in [0.15, 0.2) is 51.9 Å². The highest BCUT2D eigenvalue weighted by Crippen LogP contribution is 2.31. The van der Waals surface area contributed by atoms with Crippen LogP contribution in [0.4, 0.5) is 5.69 Å². The number of nitrogens with zero attached hydrogens (tertiary/aromatic N) is 2. The number of hydrogen-bond acceptors (Lipinski definition) is 3. The average Bonchev–Trinajstić information content (AvgIpc) is 2.81. The zero-order valence-electron chi connectivity index (χ0n) is 10.8. The summed E-state index contributed by atoms with van der Waals surface area (Å²) in [7, 11) is 0. The minimum atomic E-state index is 0.496. The number of benzene rings is 2. The maximum atomic E-state index is 6.15. The zero-order chi connectivity index (χ0) is 14.1. The van der Waals surface area contributed by atoms with E-state index in [1.165, 1.54) is 0 Å². The van der Waals surface area contributed by atoms with Crippen LogP contribution < -0.4 is 5.73 Å². The van der Waals surface area contributed by atoms with E-state index in [1.54, 1.807) is 13.0 Å². The molecule has 3 aromatic rings. The molecule has 0 aliphatic rings. The number of aliphatic imine (C=N–C) groups is 1. The quantitative estimate of drug-likeness (QED) is 0.568. The molecule has 4 nitrogen and oxygen atoms in total. The van der Waals surface area contributed by atoms with Gasteiger partial charge in [-0.25, -0.2) is 9.98 Å². The summed E-state index contributed by atoms with van der Waals surface area (Å²) in [5.41, 5.74) is 8.50. The second kappa shape index (κ2) is 4.98. The Morgan fingerprint density at radius 1 is 1.25 bits per heavy atom. The van der Waals surface area contributed by atoms with Gasteiger partial charge in [-0.05, 0) is 37.3 Å². The SMILES string of the molecule is CC(N)=Nc1ccc2oc(-c3ccccc3Cl)nc2c1. The van der Waals surface area contributed by atoms with Crippen molar-refractivity contribution in [3.05, 3.63) is 47.5 Å². The van der Waals surface area contributed by atoms with Crippen molar-refractivity contribution in [1.29, 1.82) is 0 Å². The van der Waals surface area contributed by atoms with Crippen LogP contribution in [-0.2, 0) is 0 Å². The zero-order valence-corrected chi connectivity index (χ0v) is 11.6. The predicted molar refractivity (Wildman–Crippen MR) is 81.4 cm³/mol. The fourth-order valence-electron chi connectivity index (χ4n) is 1.94.